The molecule has 0 aliphatic carbocycles. The maximum atomic E-state index is 11.9. The van der Waals surface area contributed by atoms with Gasteiger partial charge in [-0.05, 0) is 31.5 Å². The van der Waals surface area contributed by atoms with Gasteiger partial charge in [-0.3, -0.25) is 9.59 Å². The summed E-state index contributed by atoms with van der Waals surface area (Å²) in [6.45, 7) is 2.07. The van der Waals surface area contributed by atoms with Crippen LogP contribution in [0.5, 0.6) is 0 Å². The second-order valence-corrected chi connectivity index (χ2v) is 5.23. The van der Waals surface area contributed by atoms with Crippen molar-refractivity contribution in [1.29, 1.82) is 0 Å². The van der Waals surface area contributed by atoms with Crippen molar-refractivity contribution in [3.05, 3.63) is 52.7 Å². The van der Waals surface area contributed by atoms with Crippen LogP contribution in [-0.2, 0) is 11.3 Å². The summed E-state index contributed by atoms with van der Waals surface area (Å²) in [5.74, 6) is 1.39. The van der Waals surface area contributed by atoms with Gasteiger partial charge in [0.25, 0.3) is 5.56 Å². The molecule has 0 aliphatic heterocycles. The maximum absolute atomic E-state index is 11.9. The van der Waals surface area contributed by atoms with Crippen LogP contribution in [0.4, 0.5) is 5.82 Å². The first kappa shape index (κ1) is 15.7. The molecule has 0 saturated heterocycles. The predicted octanol–water partition coefficient (Wildman–Crippen LogP) is 2.22. The van der Waals surface area contributed by atoms with Gasteiger partial charge in [-0.15, -0.1) is 0 Å². The van der Waals surface area contributed by atoms with Gasteiger partial charge in [0.15, 0.2) is 11.6 Å². The average Bonchev–Trinajstić information content (AvgIpc) is 3.21. The van der Waals surface area contributed by atoms with E-state index in [1.807, 2.05) is 0 Å². The van der Waals surface area contributed by atoms with Crippen LogP contribution in [0.3, 0.4) is 0 Å². The number of aryl methyl sites for hydroxylation is 2. The van der Waals surface area contributed by atoms with E-state index in [1.54, 1.807) is 37.5 Å². The Hall–Kier alpha value is -3.16. The summed E-state index contributed by atoms with van der Waals surface area (Å²) in [5.41, 5.74) is 0.347. The van der Waals surface area contributed by atoms with E-state index in [2.05, 4.69) is 15.6 Å². The van der Waals surface area contributed by atoms with Gasteiger partial charge >= 0.3 is 0 Å². The quantitative estimate of drug-likeness (QED) is 0.744. The third kappa shape index (κ3) is 3.78. The lowest BCUT2D eigenvalue weighted by Crippen LogP contribution is -2.23. The molecule has 0 saturated carbocycles. The molecule has 0 bridgehead atoms. The normalized spacial score (nSPS) is 10.7. The standard InChI is InChI=1S/C16H16N4O4/c1-11-10-14(19-24-11)17-15(21)5-2-8-20-16(22)7-6-12(18-20)13-4-3-9-23-13/h3-4,6-7,9-10H,2,5,8H2,1H3,(H,17,19,21). The second kappa shape index (κ2) is 6.95. The fraction of sp³-hybridized carbons (Fsp3) is 0.250. The van der Waals surface area contributed by atoms with Crippen molar-refractivity contribution in [2.75, 3.05) is 5.32 Å². The minimum Gasteiger partial charge on any atom is -0.463 e. The molecule has 3 heterocycles. The third-order valence-corrected chi connectivity index (χ3v) is 3.31. The van der Waals surface area contributed by atoms with Crippen molar-refractivity contribution >= 4 is 11.7 Å². The number of anilines is 1. The van der Waals surface area contributed by atoms with Crippen LogP contribution in [0.2, 0.25) is 0 Å². The van der Waals surface area contributed by atoms with Gasteiger partial charge < -0.3 is 14.3 Å². The lowest BCUT2D eigenvalue weighted by molar-refractivity contribution is -0.116. The zero-order valence-electron chi connectivity index (χ0n) is 13.1. The largest absolute Gasteiger partial charge is 0.463 e. The Morgan fingerprint density at radius 1 is 1.33 bits per heavy atom. The highest BCUT2D eigenvalue weighted by Crippen LogP contribution is 2.15. The lowest BCUT2D eigenvalue weighted by atomic mass is 10.3. The zero-order valence-corrected chi connectivity index (χ0v) is 13.1. The molecule has 0 unspecified atom stereocenters. The number of carbonyl (C=O) groups excluding carboxylic acids is 1. The fourth-order valence-electron chi connectivity index (χ4n) is 2.18. The van der Waals surface area contributed by atoms with Crippen LogP contribution < -0.4 is 10.9 Å². The topological polar surface area (TPSA) is 103 Å². The molecule has 24 heavy (non-hydrogen) atoms. The summed E-state index contributed by atoms with van der Waals surface area (Å²) in [5, 5.41) is 10.6. The number of nitrogens with one attached hydrogen (secondary N) is 1. The van der Waals surface area contributed by atoms with Gasteiger partial charge in [0.05, 0.1) is 6.26 Å². The van der Waals surface area contributed by atoms with Crippen molar-refractivity contribution in [2.24, 2.45) is 0 Å². The summed E-state index contributed by atoms with van der Waals surface area (Å²) in [4.78, 5) is 23.7. The molecule has 3 rings (SSSR count). The van der Waals surface area contributed by atoms with Gasteiger partial charge in [-0.1, -0.05) is 5.16 Å². The first-order chi connectivity index (χ1) is 11.6. The van der Waals surface area contributed by atoms with Gasteiger partial charge in [0, 0.05) is 25.1 Å². The highest BCUT2D eigenvalue weighted by atomic mass is 16.5. The highest BCUT2D eigenvalue weighted by molar-refractivity contribution is 5.89. The van der Waals surface area contributed by atoms with E-state index >= 15 is 0 Å². The van der Waals surface area contributed by atoms with E-state index in [0.29, 0.717) is 36.0 Å². The highest BCUT2D eigenvalue weighted by Gasteiger charge is 2.08. The van der Waals surface area contributed by atoms with Crippen molar-refractivity contribution in [1.82, 2.24) is 14.9 Å². The van der Waals surface area contributed by atoms with Crippen LogP contribution in [0.25, 0.3) is 11.5 Å². The Balaban J connectivity index is 1.57. The summed E-state index contributed by atoms with van der Waals surface area (Å²) in [7, 11) is 0. The predicted molar refractivity (Wildman–Crippen MR) is 85.3 cm³/mol. The molecule has 0 radical (unpaired) electrons. The SMILES string of the molecule is Cc1cc(NC(=O)CCCn2nc(-c3ccco3)ccc2=O)no1. The number of hydrogen-bond acceptors (Lipinski definition) is 6. The Labute approximate surface area is 137 Å². The van der Waals surface area contributed by atoms with Crippen LogP contribution in [0.1, 0.15) is 18.6 Å². The number of amides is 1. The number of nitrogens with zero attached hydrogens (tertiary/aromatic N) is 3. The lowest BCUT2D eigenvalue weighted by Gasteiger charge is -2.06. The zero-order chi connectivity index (χ0) is 16.9. The van der Waals surface area contributed by atoms with Crippen LogP contribution in [0.15, 0.2) is 50.3 Å². The van der Waals surface area contributed by atoms with E-state index < -0.39 is 0 Å². The smallest absolute Gasteiger partial charge is 0.266 e. The van der Waals surface area contributed by atoms with Gasteiger partial charge in [-0.2, -0.15) is 5.10 Å². The minimum atomic E-state index is -0.224. The van der Waals surface area contributed by atoms with E-state index in [9.17, 15) is 9.59 Å². The molecule has 0 atom stereocenters. The van der Waals surface area contributed by atoms with E-state index in [1.165, 1.54) is 10.7 Å². The number of aromatic nitrogens is 3. The molecule has 8 heteroatoms. The van der Waals surface area contributed by atoms with Crippen LogP contribution in [0, 0.1) is 6.92 Å². The van der Waals surface area contributed by atoms with Crippen LogP contribution in [-0.4, -0.2) is 20.8 Å². The van der Waals surface area contributed by atoms with E-state index in [-0.39, 0.29) is 17.9 Å². The summed E-state index contributed by atoms with van der Waals surface area (Å²) >= 11 is 0. The summed E-state index contributed by atoms with van der Waals surface area (Å²) < 4.78 is 11.5. The van der Waals surface area contributed by atoms with Crippen molar-refractivity contribution in [3.63, 3.8) is 0 Å². The molecular formula is C16H16N4O4. The van der Waals surface area contributed by atoms with Gasteiger partial charge in [0.2, 0.25) is 5.91 Å². The summed E-state index contributed by atoms with van der Waals surface area (Å²) in [6, 6.07) is 8.20. The van der Waals surface area contributed by atoms with Crippen molar-refractivity contribution in [3.8, 4) is 11.5 Å². The maximum Gasteiger partial charge on any atom is 0.266 e. The van der Waals surface area contributed by atoms with Crippen molar-refractivity contribution < 1.29 is 13.7 Å². The monoisotopic (exact) mass is 328 g/mol. The Morgan fingerprint density at radius 2 is 2.21 bits per heavy atom. The Kier molecular flexibility index (Phi) is 4.55. The first-order valence-corrected chi connectivity index (χ1v) is 7.47. The number of furan rings is 1. The molecule has 124 valence electrons. The number of rotatable bonds is 6. The molecule has 8 nitrogen and oxygen atoms in total. The summed E-state index contributed by atoms with van der Waals surface area (Å²) in [6.07, 6.45) is 2.25. The van der Waals surface area contributed by atoms with Crippen LogP contribution >= 0.6 is 0 Å². The number of hydrogen-bond donors (Lipinski definition) is 1. The minimum absolute atomic E-state index is 0.196. The molecule has 1 amide bonds. The van der Waals surface area contributed by atoms with Gasteiger partial charge in [-0.25, -0.2) is 4.68 Å². The molecule has 0 aromatic carbocycles. The fourth-order valence-corrected chi connectivity index (χ4v) is 2.18. The second-order valence-electron chi connectivity index (χ2n) is 5.23. The Morgan fingerprint density at radius 3 is 2.92 bits per heavy atom. The molecule has 0 spiro atoms. The molecule has 0 fully saturated rings. The number of carbonyl (C=O) groups is 1. The third-order valence-electron chi connectivity index (χ3n) is 3.31. The van der Waals surface area contributed by atoms with Crippen molar-refractivity contribution in [2.45, 2.75) is 26.3 Å². The molecule has 3 aromatic heterocycles. The molecule has 0 aliphatic rings. The molecule has 3 aromatic rings. The van der Waals surface area contributed by atoms with E-state index in [4.69, 9.17) is 8.94 Å². The van der Waals surface area contributed by atoms with E-state index in [0.717, 1.165) is 0 Å². The average molecular weight is 328 g/mol. The van der Waals surface area contributed by atoms with Gasteiger partial charge in [0.1, 0.15) is 11.5 Å². The Bertz CT molecular complexity index is 880. The molecule has 1 N–H and O–H groups in total. The molecular weight excluding hydrogens is 312 g/mol. The first-order valence-electron chi connectivity index (χ1n) is 7.47.